The van der Waals surface area contributed by atoms with Crippen LogP contribution in [0, 0.1) is 9.52 Å². The second kappa shape index (κ2) is 4.77. The van der Waals surface area contributed by atoms with Gasteiger partial charge < -0.3 is 4.74 Å². The average molecular weight is 331 g/mol. The summed E-state index contributed by atoms with van der Waals surface area (Å²) in [5, 5.41) is 0. The predicted octanol–water partition coefficient (Wildman–Crippen LogP) is 2.55. The van der Waals surface area contributed by atoms with Gasteiger partial charge in [-0.1, -0.05) is 0 Å². The van der Waals surface area contributed by atoms with E-state index in [1.165, 1.54) is 0 Å². The summed E-state index contributed by atoms with van der Waals surface area (Å²) < 4.78 is 41.9. The molecule has 0 unspecified atom stereocenters. The van der Waals surface area contributed by atoms with Crippen molar-refractivity contribution >= 4 is 28.6 Å². The zero-order valence-electron chi connectivity index (χ0n) is 7.43. The van der Waals surface area contributed by atoms with Crippen molar-refractivity contribution in [1.82, 2.24) is 4.98 Å². The normalized spacial score (nSPS) is 10.5. The highest BCUT2D eigenvalue weighted by Crippen LogP contribution is 2.24. The fourth-order valence-electron chi connectivity index (χ4n) is 0.873. The molecule has 0 aliphatic carbocycles. The van der Waals surface area contributed by atoms with Gasteiger partial charge >= 0.3 is 5.97 Å². The number of rotatable bonds is 2. The molecule has 1 aromatic heterocycles. The highest BCUT2D eigenvalue weighted by atomic mass is 127. The molecule has 0 aromatic carbocycles. The molecular formula is C8H5F3INO2. The molecule has 0 atom stereocenters. The Morgan fingerprint density at radius 2 is 2.20 bits per heavy atom. The number of pyridine rings is 1. The third-order valence-electron chi connectivity index (χ3n) is 1.57. The molecule has 1 heterocycles. The Bertz CT molecular complexity index is 398. The topological polar surface area (TPSA) is 39.2 Å². The first-order chi connectivity index (χ1) is 6.97. The Labute approximate surface area is 96.8 Å². The number of carbonyl (C=O) groups is 1. The zero-order chi connectivity index (χ0) is 11.6. The molecule has 0 radical (unpaired) electrons. The highest BCUT2D eigenvalue weighted by molar-refractivity contribution is 14.1. The molecule has 15 heavy (non-hydrogen) atoms. The van der Waals surface area contributed by atoms with Crippen LogP contribution in [0.1, 0.15) is 22.5 Å². The van der Waals surface area contributed by atoms with Crippen LogP contribution in [0.25, 0.3) is 0 Å². The number of nitrogens with zero attached hydrogens (tertiary/aromatic N) is 1. The van der Waals surface area contributed by atoms with Crippen molar-refractivity contribution in [3.63, 3.8) is 0 Å². The minimum absolute atomic E-state index is 0.121. The number of carbonyl (C=O) groups excluding carboxylic acids is 1. The summed E-state index contributed by atoms with van der Waals surface area (Å²) in [7, 11) is 1.10. The van der Waals surface area contributed by atoms with Crippen molar-refractivity contribution in [3.05, 3.63) is 26.8 Å². The molecular weight excluding hydrogens is 326 g/mol. The molecule has 1 aromatic rings. The van der Waals surface area contributed by atoms with Crippen LogP contribution in [-0.4, -0.2) is 18.1 Å². The second-order valence-corrected chi connectivity index (χ2v) is 3.65. The van der Waals surface area contributed by atoms with Crippen molar-refractivity contribution in [2.45, 2.75) is 6.43 Å². The van der Waals surface area contributed by atoms with E-state index in [1.54, 1.807) is 22.6 Å². The number of methoxy groups -OCH3 is 1. The number of hydrogen-bond acceptors (Lipinski definition) is 3. The molecule has 1 rings (SSSR count). The third kappa shape index (κ3) is 2.58. The number of aromatic nitrogens is 1. The summed E-state index contributed by atoms with van der Waals surface area (Å²) in [4.78, 5) is 14.2. The molecule has 7 heteroatoms. The lowest BCUT2D eigenvalue weighted by Gasteiger charge is -2.05. The number of hydrogen-bond donors (Lipinski definition) is 0. The number of alkyl halides is 2. The van der Waals surface area contributed by atoms with Crippen LogP contribution in [0.4, 0.5) is 13.2 Å². The molecule has 0 fully saturated rings. The number of ether oxygens (including phenoxy) is 1. The average Bonchev–Trinajstić information content (AvgIpc) is 2.19. The Balaban J connectivity index is 3.25. The van der Waals surface area contributed by atoms with Gasteiger partial charge in [-0.05, 0) is 28.7 Å². The van der Waals surface area contributed by atoms with Gasteiger partial charge in [0.25, 0.3) is 6.43 Å². The van der Waals surface area contributed by atoms with E-state index >= 15 is 0 Å². The van der Waals surface area contributed by atoms with E-state index in [2.05, 4.69) is 9.72 Å². The summed E-state index contributed by atoms with van der Waals surface area (Å²) in [6, 6.07) is 0.875. The van der Waals surface area contributed by atoms with E-state index in [-0.39, 0.29) is 9.26 Å². The Morgan fingerprint density at radius 1 is 1.60 bits per heavy atom. The molecule has 0 amide bonds. The first-order valence-electron chi connectivity index (χ1n) is 3.69. The number of esters is 1. The minimum Gasteiger partial charge on any atom is -0.464 e. The van der Waals surface area contributed by atoms with Gasteiger partial charge in [0.15, 0.2) is 5.69 Å². The smallest absolute Gasteiger partial charge is 0.357 e. The van der Waals surface area contributed by atoms with Gasteiger partial charge in [0, 0.05) is 3.57 Å². The maximum atomic E-state index is 13.0. The van der Waals surface area contributed by atoms with E-state index in [0.717, 1.165) is 13.2 Å². The quantitative estimate of drug-likeness (QED) is 0.475. The fraction of sp³-hybridized carbons (Fsp3) is 0.250. The van der Waals surface area contributed by atoms with E-state index in [1.807, 2.05) is 0 Å². The lowest BCUT2D eigenvalue weighted by Crippen LogP contribution is -2.10. The van der Waals surface area contributed by atoms with E-state index in [4.69, 9.17) is 0 Å². The molecule has 0 saturated heterocycles. The van der Waals surface area contributed by atoms with E-state index < -0.39 is 23.9 Å². The maximum absolute atomic E-state index is 13.0. The molecule has 82 valence electrons. The summed E-state index contributed by atoms with van der Waals surface area (Å²) in [6.07, 6.45) is -2.96. The summed E-state index contributed by atoms with van der Waals surface area (Å²) in [6.45, 7) is 0. The van der Waals surface area contributed by atoms with Crippen LogP contribution in [0.5, 0.6) is 0 Å². The summed E-state index contributed by atoms with van der Waals surface area (Å²) >= 11 is 1.61. The van der Waals surface area contributed by atoms with E-state index in [9.17, 15) is 18.0 Å². The Morgan fingerprint density at radius 3 is 2.67 bits per heavy atom. The van der Waals surface area contributed by atoms with Gasteiger partial charge in [-0.25, -0.2) is 18.6 Å². The molecule has 0 spiro atoms. The van der Waals surface area contributed by atoms with Gasteiger partial charge in [0.1, 0.15) is 0 Å². The Hall–Kier alpha value is -0.860. The van der Waals surface area contributed by atoms with Gasteiger partial charge in [-0.15, -0.1) is 0 Å². The molecule has 3 nitrogen and oxygen atoms in total. The molecule has 0 bridgehead atoms. The summed E-state index contributed by atoms with van der Waals surface area (Å²) in [5.41, 5.74) is -1.13. The van der Waals surface area contributed by atoms with Crippen molar-refractivity contribution in [2.24, 2.45) is 0 Å². The number of halogens is 4. The largest absolute Gasteiger partial charge is 0.464 e. The van der Waals surface area contributed by atoms with E-state index in [0.29, 0.717) is 0 Å². The van der Waals surface area contributed by atoms with Crippen LogP contribution in [0.15, 0.2) is 6.07 Å². The second-order valence-electron chi connectivity index (χ2n) is 2.49. The monoisotopic (exact) mass is 331 g/mol. The first kappa shape index (κ1) is 12.2. The maximum Gasteiger partial charge on any atom is 0.357 e. The zero-order valence-corrected chi connectivity index (χ0v) is 9.59. The molecule has 0 N–H and O–H groups in total. The summed E-state index contributed by atoms with van der Waals surface area (Å²) in [5.74, 6) is -2.22. The van der Waals surface area contributed by atoms with Crippen molar-refractivity contribution in [1.29, 1.82) is 0 Å². The van der Waals surface area contributed by atoms with Crippen LogP contribution < -0.4 is 0 Å². The SMILES string of the molecule is COC(=O)c1nc(F)c(C(F)F)cc1I. The van der Waals surface area contributed by atoms with Crippen LogP contribution in [-0.2, 0) is 4.74 Å². The van der Waals surface area contributed by atoms with Gasteiger partial charge in [-0.2, -0.15) is 4.39 Å². The van der Waals surface area contributed by atoms with Gasteiger partial charge in [0.2, 0.25) is 5.95 Å². The molecule has 0 aliphatic heterocycles. The van der Waals surface area contributed by atoms with Crippen LogP contribution >= 0.6 is 22.6 Å². The van der Waals surface area contributed by atoms with Crippen LogP contribution in [0.3, 0.4) is 0 Å². The lowest BCUT2D eigenvalue weighted by molar-refractivity contribution is 0.0590. The molecule has 0 aliphatic rings. The van der Waals surface area contributed by atoms with Crippen molar-refractivity contribution < 1.29 is 22.7 Å². The Kier molecular flexibility index (Phi) is 3.89. The van der Waals surface area contributed by atoms with Gasteiger partial charge in [0.05, 0.1) is 12.7 Å². The molecule has 0 saturated carbocycles. The first-order valence-corrected chi connectivity index (χ1v) is 4.77. The van der Waals surface area contributed by atoms with Crippen molar-refractivity contribution in [3.8, 4) is 0 Å². The lowest BCUT2D eigenvalue weighted by atomic mass is 10.2. The van der Waals surface area contributed by atoms with Gasteiger partial charge in [-0.3, -0.25) is 0 Å². The minimum atomic E-state index is -2.96. The highest BCUT2D eigenvalue weighted by Gasteiger charge is 2.21. The standard InChI is InChI=1S/C8H5F3INO2/c1-15-8(14)5-4(12)2-3(6(9)10)7(11)13-5/h2,6H,1H3. The van der Waals surface area contributed by atoms with Crippen molar-refractivity contribution in [2.75, 3.05) is 7.11 Å². The fourth-order valence-corrected chi connectivity index (χ4v) is 1.55. The van der Waals surface area contributed by atoms with Crippen LogP contribution in [0.2, 0.25) is 0 Å². The third-order valence-corrected chi connectivity index (χ3v) is 2.39. The predicted molar refractivity (Wildman–Crippen MR) is 53.2 cm³/mol.